The highest BCUT2D eigenvalue weighted by Crippen LogP contribution is 2.40. The highest BCUT2D eigenvalue weighted by molar-refractivity contribution is 9.09. The van der Waals surface area contributed by atoms with Crippen LogP contribution in [0.5, 0.6) is 0 Å². The van der Waals surface area contributed by atoms with Gasteiger partial charge in [-0.2, -0.15) is 0 Å². The van der Waals surface area contributed by atoms with Gasteiger partial charge in [-0.05, 0) is 43.7 Å². The first-order chi connectivity index (χ1) is 6.68. The average Bonchev–Trinajstić information content (AvgIpc) is 2.56. The Bertz CT molecular complexity index is 330. The van der Waals surface area contributed by atoms with Gasteiger partial charge in [0.15, 0.2) is 0 Å². The smallest absolute Gasteiger partial charge is 0.0214 e. The summed E-state index contributed by atoms with van der Waals surface area (Å²) in [6, 6.07) is 6.82. The Hall–Kier alpha value is -0.300. The Kier molecular flexibility index (Phi) is 2.96. The molecule has 0 saturated heterocycles. The summed E-state index contributed by atoms with van der Waals surface area (Å²) >= 11 is 3.80. The third-order valence-electron chi connectivity index (χ3n) is 3.27. The van der Waals surface area contributed by atoms with Gasteiger partial charge in [0.1, 0.15) is 0 Å². The van der Waals surface area contributed by atoms with Crippen LogP contribution in [-0.4, -0.2) is 4.83 Å². The molecule has 0 nitrogen and oxygen atoms in total. The van der Waals surface area contributed by atoms with Gasteiger partial charge in [-0.3, -0.25) is 0 Å². The molecule has 1 fully saturated rings. The van der Waals surface area contributed by atoms with Crippen molar-refractivity contribution in [1.29, 1.82) is 0 Å². The SMILES string of the molecule is Cc1ccc(C)c(C2CCCC2Br)c1. The zero-order valence-corrected chi connectivity index (χ0v) is 10.5. The molecule has 1 aromatic rings. The van der Waals surface area contributed by atoms with Gasteiger partial charge in [-0.25, -0.2) is 0 Å². The molecular weight excluding hydrogens is 236 g/mol. The maximum Gasteiger partial charge on any atom is 0.0214 e. The Morgan fingerprint density at radius 3 is 2.64 bits per heavy atom. The van der Waals surface area contributed by atoms with Crippen LogP contribution in [0, 0.1) is 13.8 Å². The Morgan fingerprint density at radius 1 is 1.21 bits per heavy atom. The quantitative estimate of drug-likeness (QED) is 0.653. The molecule has 14 heavy (non-hydrogen) atoms. The van der Waals surface area contributed by atoms with E-state index in [1.165, 1.54) is 30.4 Å². The van der Waals surface area contributed by atoms with E-state index >= 15 is 0 Å². The standard InChI is InChI=1S/C13H17Br/c1-9-6-7-10(2)12(8-9)11-4-3-5-13(11)14/h6-8,11,13H,3-5H2,1-2H3. The predicted molar refractivity (Wildman–Crippen MR) is 65.2 cm³/mol. The van der Waals surface area contributed by atoms with E-state index in [4.69, 9.17) is 0 Å². The first-order valence-electron chi connectivity index (χ1n) is 5.39. The number of aryl methyl sites for hydroxylation is 2. The first kappa shape index (κ1) is 10.2. The molecule has 0 spiro atoms. The molecule has 1 saturated carbocycles. The molecule has 2 rings (SSSR count). The van der Waals surface area contributed by atoms with Gasteiger partial charge >= 0.3 is 0 Å². The summed E-state index contributed by atoms with van der Waals surface area (Å²) in [7, 11) is 0. The van der Waals surface area contributed by atoms with Crippen LogP contribution >= 0.6 is 15.9 Å². The van der Waals surface area contributed by atoms with Crippen LogP contribution in [0.25, 0.3) is 0 Å². The van der Waals surface area contributed by atoms with Crippen molar-refractivity contribution < 1.29 is 0 Å². The second-order valence-corrected chi connectivity index (χ2v) is 5.59. The van der Waals surface area contributed by atoms with E-state index in [1.54, 1.807) is 5.56 Å². The molecule has 0 N–H and O–H groups in total. The summed E-state index contributed by atoms with van der Waals surface area (Å²) < 4.78 is 0. The maximum atomic E-state index is 3.80. The third-order valence-corrected chi connectivity index (χ3v) is 4.36. The van der Waals surface area contributed by atoms with Crippen LogP contribution in [0.2, 0.25) is 0 Å². The van der Waals surface area contributed by atoms with Gasteiger partial charge in [0.05, 0.1) is 0 Å². The summed E-state index contributed by atoms with van der Waals surface area (Å²) in [5, 5.41) is 0. The molecule has 2 atom stereocenters. The van der Waals surface area contributed by atoms with E-state index < -0.39 is 0 Å². The number of rotatable bonds is 1. The van der Waals surface area contributed by atoms with Crippen LogP contribution in [-0.2, 0) is 0 Å². The largest absolute Gasteiger partial charge is 0.0884 e. The second kappa shape index (κ2) is 4.06. The highest BCUT2D eigenvalue weighted by atomic mass is 79.9. The minimum absolute atomic E-state index is 0.697. The fourth-order valence-corrected chi connectivity index (χ4v) is 3.30. The predicted octanol–water partition coefficient (Wildman–Crippen LogP) is 4.33. The molecule has 0 aromatic heterocycles. The van der Waals surface area contributed by atoms with E-state index in [2.05, 4.69) is 48.0 Å². The number of halogens is 1. The normalized spacial score (nSPS) is 26.8. The van der Waals surface area contributed by atoms with E-state index in [9.17, 15) is 0 Å². The Morgan fingerprint density at radius 2 is 2.00 bits per heavy atom. The van der Waals surface area contributed by atoms with Crippen molar-refractivity contribution in [3.63, 3.8) is 0 Å². The number of hydrogen-bond donors (Lipinski definition) is 0. The van der Waals surface area contributed by atoms with Crippen LogP contribution in [0.3, 0.4) is 0 Å². The minimum Gasteiger partial charge on any atom is -0.0884 e. The van der Waals surface area contributed by atoms with Crippen molar-refractivity contribution in [2.24, 2.45) is 0 Å². The van der Waals surface area contributed by atoms with Gasteiger partial charge in [0.25, 0.3) is 0 Å². The molecule has 0 aliphatic heterocycles. The first-order valence-corrected chi connectivity index (χ1v) is 6.31. The fourth-order valence-electron chi connectivity index (χ4n) is 2.42. The Balaban J connectivity index is 2.34. The van der Waals surface area contributed by atoms with Gasteiger partial charge in [0, 0.05) is 4.83 Å². The fraction of sp³-hybridized carbons (Fsp3) is 0.538. The molecule has 1 aliphatic rings. The molecule has 76 valence electrons. The maximum absolute atomic E-state index is 3.80. The molecule has 1 aromatic carbocycles. The minimum atomic E-state index is 0.697. The van der Waals surface area contributed by atoms with Gasteiger partial charge < -0.3 is 0 Å². The highest BCUT2D eigenvalue weighted by Gasteiger charge is 2.27. The Labute approximate surface area is 94.8 Å². The average molecular weight is 253 g/mol. The van der Waals surface area contributed by atoms with Crippen molar-refractivity contribution in [2.75, 3.05) is 0 Å². The van der Waals surface area contributed by atoms with Crippen molar-refractivity contribution in [2.45, 2.75) is 43.9 Å². The van der Waals surface area contributed by atoms with Crippen molar-refractivity contribution in [1.82, 2.24) is 0 Å². The number of benzene rings is 1. The summed E-state index contributed by atoms with van der Waals surface area (Å²) in [4.78, 5) is 0.697. The monoisotopic (exact) mass is 252 g/mol. The van der Waals surface area contributed by atoms with Crippen LogP contribution in [0.4, 0.5) is 0 Å². The van der Waals surface area contributed by atoms with Gasteiger partial charge in [-0.15, -0.1) is 0 Å². The third kappa shape index (κ3) is 1.88. The van der Waals surface area contributed by atoms with Gasteiger partial charge in [-0.1, -0.05) is 46.1 Å². The summed E-state index contributed by atoms with van der Waals surface area (Å²) in [5.74, 6) is 0.745. The van der Waals surface area contributed by atoms with E-state index in [1.807, 2.05) is 0 Å². The summed E-state index contributed by atoms with van der Waals surface area (Å²) in [6.07, 6.45) is 4.05. The molecule has 0 heterocycles. The molecule has 0 radical (unpaired) electrons. The summed E-state index contributed by atoms with van der Waals surface area (Å²) in [6.45, 7) is 4.41. The lowest BCUT2D eigenvalue weighted by molar-refractivity contribution is 0.736. The molecule has 0 amide bonds. The van der Waals surface area contributed by atoms with Crippen molar-refractivity contribution in [3.8, 4) is 0 Å². The number of hydrogen-bond acceptors (Lipinski definition) is 0. The topological polar surface area (TPSA) is 0 Å². The lowest BCUT2D eigenvalue weighted by Crippen LogP contribution is -2.06. The van der Waals surface area contributed by atoms with E-state index in [-0.39, 0.29) is 0 Å². The number of alkyl halides is 1. The van der Waals surface area contributed by atoms with Crippen molar-refractivity contribution >= 4 is 15.9 Å². The van der Waals surface area contributed by atoms with Crippen LogP contribution < -0.4 is 0 Å². The zero-order chi connectivity index (χ0) is 10.1. The van der Waals surface area contributed by atoms with E-state index in [0.717, 1.165) is 5.92 Å². The van der Waals surface area contributed by atoms with Gasteiger partial charge in [0.2, 0.25) is 0 Å². The van der Waals surface area contributed by atoms with E-state index in [0.29, 0.717) is 4.83 Å². The van der Waals surface area contributed by atoms with Crippen LogP contribution in [0.15, 0.2) is 18.2 Å². The molecule has 1 heteroatoms. The second-order valence-electron chi connectivity index (χ2n) is 4.41. The lowest BCUT2D eigenvalue weighted by atomic mass is 9.92. The van der Waals surface area contributed by atoms with Crippen LogP contribution in [0.1, 0.15) is 41.9 Å². The molecule has 1 aliphatic carbocycles. The molecule has 2 unspecified atom stereocenters. The molecular formula is C13H17Br. The summed E-state index contributed by atoms with van der Waals surface area (Å²) in [5.41, 5.74) is 4.40. The lowest BCUT2D eigenvalue weighted by Gasteiger charge is -2.17. The molecule has 0 bridgehead atoms. The van der Waals surface area contributed by atoms with Crippen molar-refractivity contribution in [3.05, 3.63) is 34.9 Å². The zero-order valence-electron chi connectivity index (χ0n) is 8.89.